The van der Waals surface area contributed by atoms with Crippen molar-refractivity contribution in [1.29, 1.82) is 0 Å². The van der Waals surface area contributed by atoms with Crippen molar-refractivity contribution >= 4 is 0 Å². The summed E-state index contributed by atoms with van der Waals surface area (Å²) in [6.45, 7) is -4.24. The predicted molar refractivity (Wildman–Crippen MR) is 58.0 cm³/mol. The van der Waals surface area contributed by atoms with E-state index in [1.165, 1.54) is 0 Å². The molecule has 0 aliphatic carbocycles. The van der Waals surface area contributed by atoms with Gasteiger partial charge in [-0.2, -0.15) is 48.3 Å². The Labute approximate surface area is 140 Å². The van der Waals surface area contributed by atoms with Gasteiger partial charge in [0.2, 0.25) is 0 Å². The second-order valence-electron chi connectivity index (χ2n) is 5.24. The molecule has 0 saturated heterocycles. The summed E-state index contributed by atoms with van der Waals surface area (Å²) in [7, 11) is 0. The molecular weight excluding hydrogens is 430 g/mol. The van der Waals surface area contributed by atoms with Crippen molar-refractivity contribution in [1.82, 2.24) is 0 Å². The van der Waals surface area contributed by atoms with Crippen molar-refractivity contribution in [2.75, 3.05) is 13.2 Å². The first-order valence-corrected chi connectivity index (χ1v) is 6.49. The summed E-state index contributed by atoms with van der Waals surface area (Å²) in [5, 5.41) is 16.2. The highest BCUT2D eigenvalue weighted by Crippen LogP contribution is 2.64. The van der Waals surface area contributed by atoms with Crippen molar-refractivity contribution in [3.63, 3.8) is 0 Å². The quantitative estimate of drug-likeness (QED) is 0.528. The first-order chi connectivity index (χ1) is 11.6. The predicted octanol–water partition coefficient (Wildman–Crippen LogP) is 4.20. The summed E-state index contributed by atoms with van der Waals surface area (Å²) in [6, 6.07) is 0. The Kier molecular flexibility index (Phi) is 6.80. The molecule has 0 spiro atoms. The molecule has 1 atom stereocenters. The monoisotopic (exact) mass is 440 g/mol. The second kappa shape index (κ2) is 7.08. The van der Waals surface area contributed by atoms with E-state index < -0.39 is 67.5 Å². The van der Waals surface area contributed by atoms with Gasteiger partial charge in [-0.3, -0.25) is 0 Å². The van der Waals surface area contributed by atoms with Crippen LogP contribution in [0.2, 0.25) is 0 Å². The third kappa shape index (κ3) is 3.53. The fourth-order valence-electron chi connectivity index (χ4n) is 1.87. The van der Waals surface area contributed by atoms with Gasteiger partial charge in [-0.05, 0) is 0 Å². The summed E-state index contributed by atoms with van der Waals surface area (Å²) >= 11 is 0. The minimum absolute atomic E-state index is 2.05. The number of rotatable bonds is 9. The van der Waals surface area contributed by atoms with Crippen molar-refractivity contribution in [3.8, 4) is 0 Å². The number of alkyl halides is 14. The molecule has 16 heteroatoms. The van der Waals surface area contributed by atoms with E-state index in [0.717, 1.165) is 0 Å². The van der Waals surface area contributed by atoms with E-state index >= 15 is 0 Å². The summed E-state index contributed by atoms with van der Waals surface area (Å²) in [5.41, 5.74) is -7.77. The molecule has 1 unspecified atom stereocenters. The van der Waals surface area contributed by atoms with Gasteiger partial charge >= 0.3 is 35.5 Å². The second-order valence-corrected chi connectivity index (χ2v) is 5.24. The van der Waals surface area contributed by atoms with Crippen LogP contribution in [0.1, 0.15) is 12.8 Å². The van der Waals surface area contributed by atoms with E-state index in [2.05, 4.69) is 0 Å². The van der Waals surface area contributed by atoms with Crippen LogP contribution in [0.25, 0.3) is 0 Å². The van der Waals surface area contributed by atoms with Crippen molar-refractivity contribution in [2.45, 2.75) is 54.3 Å². The van der Waals surface area contributed by atoms with Crippen LogP contribution in [0, 0.1) is 0 Å². The highest BCUT2D eigenvalue weighted by atomic mass is 19.4. The van der Waals surface area contributed by atoms with Gasteiger partial charge in [0, 0.05) is 26.1 Å². The van der Waals surface area contributed by atoms with Gasteiger partial charge in [0.25, 0.3) is 5.92 Å². The maximum Gasteiger partial charge on any atom is 0.434 e. The Hall–Kier alpha value is -1.06. The van der Waals surface area contributed by atoms with Crippen molar-refractivity contribution < 1.29 is 71.7 Å². The molecule has 0 amide bonds. The molecule has 164 valence electrons. The summed E-state index contributed by atoms with van der Waals surface area (Å²) in [5.74, 6) is -36.6. The number of hydrogen-bond donors (Lipinski definition) is 2. The molecule has 0 aromatic heterocycles. The average molecular weight is 440 g/mol. The number of hydrogen-bond acceptors (Lipinski definition) is 2. The molecule has 0 aromatic carbocycles. The van der Waals surface area contributed by atoms with Crippen LogP contribution in [-0.4, -0.2) is 64.9 Å². The zero-order valence-corrected chi connectivity index (χ0v) is 12.5. The molecule has 0 saturated carbocycles. The lowest BCUT2D eigenvalue weighted by atomic mass is 9.80. The molecule has 0 aliphatic heterocycles. The van der Waals surface area contributed by atoms with Gasteiger partial charge in [-0.25, -0.2) is 13.2 Å². The van der Waals surface area contributed by atoms with E-state index in [1.807, 2.05) is 0 Å². The average Bonchev–Trinajstić information content (AvgIpc) is 2.43. The molecule has 27 heavy (non-hydrogen) atoms. The molecule has 0 rings (SSSR count). The number of aliphatic hydroxyl groups excluding tert-OH is 2. The Morgan fingerprint density at radius 3 is 1.07 bits per heavy atom. The van der Waals surface area contributed by atoms with Crippen LogP contribution in [0.5, 0.6) is 0 Å². The van der Waals surface area contributed by atoms with Crippen LogP contribution in [0.3, 0.4) is 0 Å². The molecule has 2 N–H and O–H groups in total. The topological polar surface area (TPSA) is 40.5 Å². The summed E-state index contributed by atoms with van der Waals surface area (Å²) in [6.07, 6.45) is -13.2. The molecule has 0 aliphatic rings. The molecule has 2 nitrogen and oxygen atoms in total. The van der Waals surface area contributed by atoms with E-state index in [9.17, 15) is 61.5 Å². The normalized spacial score (nSPS) is 17.8. The lowest BCUT2D eigenvalue weighted by molar-refractivity contribution is -0.443. The van der Waals surface area contributed by atoms with E-state index in [0.29, 0.717) is 0 Å². The van der Waals surface area contributed by atoms with Crippen molar-refractivity contribution in [2.24, 2.45) is 0 Å². The molecule has 0 fully saturated rings. The van der Waals surface area contributed by atoms with Crippen LogP contribution < -0.4 is 0 Å². The minimum Gasteiger partial charge on any atom is -0.396 e. The van der Waals surface area contributed by atoms with Gasteiger partial charge in [0.1, 0.15) is 0 Å². The third-order valence-corrected chi connectivity index (χ3v) is 3.43. The maximum absolute atomic E-state index is 13.8. The lowest BCUT2D eigenvalue weighted by Gasteiger charge is -2.45. The Balaban J connectivity index is 6.77. The highest BCUT2D eigenvalue weighted by molar-refractivity contribution is 5.18. The standard InChI is InChI=1S/C11H10F14O2/c12-5(13,1-3-26)7(16,11(23,24)25)9(19,20)10(21,22)8(17,18)6(14,15)2-4-27/h26-27H,1-4H2. The Morgan fingerprint density at radius 1 is 0.444 bits per heavy atom. The maximum atomic E-state index is 13.8. The molecule has 0 heterocycles. The number of halogens is 14. The molecule has 0 bridgehead atoms. The SMILES string of the molecule is OCCC(F)(F)C(F)(F)C(F)(F)C(F)(F)C(F)(C(F)(F)F)C(F)(F)CCO. The fourth-order valence-corrected chi connectivity index (χ4v) is 1.87. The van der Waals surface area contributed by atoms with Crippen LogP contribution >= 0.6 is 0 Å². The fraction of sp³-hybridized carbons (Fsp3) is 1.00. The van der Waals surface area contributed by atoms with Gasteiger partial charge in [0.05, 0.1) is 0 Å². The molecule has 0 radical (unpaired) electrons. The van der Waals surface area contributed by atoms with Crippen molar-refractivity contribution in [3.05, 3.63) is 0 Å². The zero-order valence-electron chi connectivity index (χ0n) is 12.5. The van der Waals surface area contributed by atoms with Crippen LogP contribution in [-0.2, 0) is 0 Å². The van der Waals surface area contributed by atoms with Gasteiger partial charge in [-0.15, -0.1) is 0 Å². The molecular formula is C11H10F14O2. The van der Waals surface area contributed by atoms with E-state index in [1.54, 1.807) is 0 Å². The summed E-state index contributed by atoms with van der Waals surface area (Å²) < 4.78 is 184. The highest BCUT2D eigenvalue weighted by Gasteiger charge is 2.94. The first kappa shape index (κ1) is 25.9. The Bertz CT molecular complexity index is 514. The smallest absolute Gasteiger partial charge is 0.396 e. The first-order valence-electron chi connectivity index (χ1n) is 6.49. The number of aliphatic hydroxyl groups is 2. The van der Waals surface area contributed by atoms with Gasteiger partial charge < -0.3 is 10.2 Å². The third-order valence-electron chi connectivity index (χ3n) is 3.43. The Morgan fingerprint density at radius 2 is 0.778 bits per heavy atom. The van der Waals surface area contributed by atoms with E-state index in [-0.39, 0.29) is 0 Å². The van der Waals surface area contributed by atoms with Crippen LogP contribution in [0.15, 0.2) is 0 Å². The lowest BCUT2D eigenvalue weighted by Crippen LogP contribution is -2.76. The van der Waals surface area contributed by atoms with Crippen LogP contribution in [0.4, 0.5) is 61.5 Å². The molecule has 0 aromatic rings. The van der Waals surface area contributed by atoms with E-state index in [4.69, 9.17) is 10.2 Å². The zero-order chi connectivity index (χ0) is 22.3. The minimum atomic E-state index is -8.14. The largest absolute Gasteiger partial charge is 0.434 e. The summed E-state index contributed by atoms with van der Waals surface area (Å²) in [4.78, 5) is 0. The van der Waals surface area contributed by atoms with Gasteiger partial charge in [0.15, 0.2) is 0 Å². The van der Waals surface area contributed by atoms with Gasteiger partial charge in [-0.1, -0.05) is 0 Å².